The number of aromatic nitrogens is 2. The van der Waals surface area contributed by atoms with Crippen molar-refractivity contribution >= 4 is 35.4 Å². The van der Waals surface area contributed by atoms with Crippen LogP contribution in [0.1, 0.15) is 115 Å². The van der Waals surface area contributed by atoms with Crippen molar-refractivity contribution in [1.82, 2.24) is 30.4 Å². The average Bonchev–Trinajstić information content (AvgIpc) is 3.91. The first-order valence-corrected chi connectivity index (χ1v) is 23.7. The number of hydrogen-bond acceptors (Lipinski definition) is 8. The van der Waals surface area contributed by atoms with Gasteiger partial charge in [-0.15, -0.1) is 0 Å². The van der Waals surface area contributed by atoms with Crippen LogP contribution in [0.4, 0.5) is 24.1 Å². The lowest BCUT2D eigenvalue weighted by molar-refractivity contribution is -0.140. The normalized spacial score (nSPS) is 25.5. The van der Waals surface area contributed by atoms with Crippen molar-refractivity contribution in [3.63, 3.8) is 0 Å². The number of rotatable bonds is 10. The number of nitrogens with zero attached hydrogens (tertiary/aromatic N) is 4. The third-order valence-corrected chi connectivity index (χ3v) is 16.1. The Balaban J connectivity index is 0.892. The molecular formula is C52H59F2N7O6. The van der Waals surface area contributed by atoms with Gasteiger partial charge in [0.1, 0.15) is 17.9 Å². The minimum atomic E-state index is -3.28. The summed E-state index contributed by atoms with van der Waals surface area (Å²) < 4.78 is 43.3. The summed E-state index contributed by atoms with van der Waals surface area (Å²) in [6.07, 6.45) is 5.80. The minimum Gasteiger partial charge on any atom is -0.453 e. The van der Waals surface area contributed by atoms with Crippen molar-refractivity contribution in [2.24, 2.45) is 28.2 Å². The lowest BCUT2D eigenvalue weighted by Crippen LogP contribution is -2.63. The van der Waals surface area contributed by atoms with E-state index in [9.17, 15) is 19.2 Å². The molecule has 6 aliphatic rings. The Labute approximate surface area is 389 Å². The lowest BCUT2D eigenvalue weighted by Gasteiger charge is -2.47. The van der Waals surface area contributed by atoms with E-state index < -0.39 is 35.7 Å². The van der Waals surface area contributed by atoms with E-state index in [1.807, 2.05) is 62.9 Å². The summed E-state index contributed by atoms with van der Waals surface area (Å²) in [5.41, 5.74) is 5.41. The quantitative estimate of drug-likeness (QED) is 0.143. The number of imidazole rings is 1. The van der Waals surface area contributed by atoms with Gasteiger partial charge < -0.3 is 34.9 Å². The van der Waals surface area contributed by atoms with Gasteiger partial charge in [0.05, 0.1) is 49.1 Å². The maximum absolute atomic E-state index is 16.8. The van der Waals surface area contributed by atoms with Crippen molar-refractivity contribution in [3.05, 3.63) is 83.3 Å². The van der Waals surface area contributed by atoms with Crippen LogP contribution >= 0.6 is 0 Å². The number of ether oxygens (including phenoxy) is 2. The minimum absolute atomic E-state index is 0.0102. The molecular weight excluding hydrogens is 857 g/mol. The number of piperidine rings is 1. The molecule has 4 fully saturated rings. The highest BCUT2D eigenvalue weighted by Gasteiger charge is 2.61. The lowest BCUT2D eigenvalue weighted by atomic mass is 9.75. The van der Waals surface area contributed by atoms with Gasteiger partial charge in [0.25, 0.3) is 5.92 Å². The van der Waals surface area contributed by atoms with Crippen LogP contribution in [0.5, 0.6) is 0 Å². The summed E-state index contributed by atoms with van der Waals surface area (Å²) in [5, 5.41) is 5.49. The molecule has 4 heterocycles. The van der Waals surface area contributed by atoms with E-state index in [2.05, 4.69) is 29.5 Å². The Kier molecular flexibility index (Phi) is 10.7. The van der Waals surface area contributed by atoms with Gasteiger partial charge in [0.2, 0.25) is 11.8 Å². The number of H-pyrrole nitrogens is 1. The maximum atomic E-state index is 16.8. The van der Waals surface area contributed by atoms with E-state index in [-0.39, 0.29) is 64.1 Å². The van der Waals surface area contributed by atoms with Gasteiger partial charge in [-0.05, 0) is 121 Å². The molecule has 3 aliphatic heterocycles. The van der Waals surface area contributed by atoms with Crippen LogP contribution in [-0.4, -0.2) is 93.9 Å². The van der Waals surface area contributed by atoms with Crippen LogP contribution in [0.3, 0.4) is 0 Å². The maximum Gasteiger partial charge on any atom is 0.407 e. The number of benzene rings is 3. The van der Waals surface area contributed by atoms with Gasteiger partial charge in [-0.25, -0.2) is 14.6 Å². The first-order chi connectivity index (χ1) is 31.9. The van der Waals surface area contributed by atoms with Gasteiger partial charge in [-0.2, -0.15) is 8.78 Å². The summed E-state index contributed by atoms with van der Waals surface area (Å²) in [4.78, 5) is 70.0. The van der Waals surface area contributed by atoms with E-state index >= 15 is 8.78 Å². The molecule has 2 bridgehead atoms. The third kappa shape index (κ3) is 7.12. The van der Waals surface area contributed by atoms with E-state index in [1.165, 1.54) is 20.3 Å². The van der Waals surface area contributed by atoms with Crippen molar-refractivity contribution in [2.75, 3.05) is 20.8 Å². The Morgan fingerprint density at radius 3 is 2.04 bits per heavy atom. The van der Waals surface area contributed by atoms with Crippen LogP contribution in [0.15, 0.2) is 65.8 Å². The number of hydrogen-bond donors (Lipinski definition) is 3. The molecule has 1 unspecified atom stereocenters. The molecule has 3 N–H and O–H groups in total. The molecule has 13 nitrogen and oxygen atoms in total. The van der Waals surface area contributed by atoms with Crippen LogP contribution < -0.4 is 10.6 Å². The zero-order valence-electron chi connectivity index (χ0n) is 39.3. The van der Waals surface area contributed by atoms with Gasteiger partial charge in [-0.3, -0.25) is 14.6 Å². The summed E-state index contributed by atoms with van der Waals surface area (Å²) in [6, 6.07) is 14.5. The molecule has 2 saturated carbocycles. The van der Waals surface area contributed by atoms with Crippen LogP contribution in [0.2, 0.25) is 0 Å². The Morgan fingerprint density at radius 1 is 0.821 bits per heavy atom. The number of alkyl halides is 2. The molecule has 10 rings (SSSR count). The number of likely N-dealkylation sites (tertiary alicyclic amines) is 2. The molecule has 67 heavy (non-hydrogen) atoms. The molecule has 3 aromatic carbocycles. The third-order valence-electron chi connectivity index (χ3n) is 16.1. The second kappa shape index (κ2) is 16.0. The summed E-state index contributed by atoms with van der Waals surface area (Å²) in [5.74, 6) is -3.32. The average molecular weight is 916 g/mol. The molecule has 1 aromatic heterocycles. The zero-order valence-corrected chi connectivity index (χ0v) is 39.3. The van der Waals surface area contributed by atoms with Crippen molar-refractivity contribution in [1.29, 1.82) is 0 Å². The van der Waals surface area contributed by atoms with E-state index in [1.54, 1.807) is 29.3 Å². The molecule has 3 aliphatic carbocycles. The molecule has 7 atom stereocenters. The van der Waals surface area contributed by atoms with Gasteiger partial charge in [0, 0.05) is 35.2 Å². The highest BCUT2D eigenvalue weighted by Crippen LogP contribution is 2.59. The van der Waals surface area contributed by atoms with Crippen molar-refractivity contribution < 1.29 is 37.4 Å². The zero-order chi connectivity index (χ0) is 47.5. The molecule has 352 valence electrons. The SMILES string of the molecule is COC(=O)N[C@H](C(=O)N1CC2(CC2)C[C@H]1c1ncc(-c2ccc3c(c2)C(F)(F)c2cc(-c4ccc5c(c4)C(C)C([C@]4(C)[C@H]6CC[C@H](C6)N4C(=O)[C@@H](NC(=O)OC)C(C)C)=N5)ccc2-3)[nH]1)C(C)C. The summed E-state index contributed by atoms with van der Waals surface area (Å²) >= 11 is 0. The van der Waals surface area contributed by atoms with E-state index in [0.717, 1.165) is 61.1 Å². The standard InChI is InChI=1S/C52H59F2N7O6/c1-26(2)42(58-48(64)66-7)46(62)60-25-51(17-18-51)23-41(60)45-55-24-40(57-45)31-10-15-35-34-14-9-30(20-37(34)52(53,54)38(35)21-31)29-11-16-39-36(19-29)28(5)44(56-39)50(6)32-12-13-33(22-32)61(50)47(63)43(27(3)4)59-49(65)67-8/h9-11,14-16,19-21,24,26-28,32-33,41-43H,12-13,17-18,22-23,25H2,1-8H3,(H,55,57)(H,58,64)(H,59,65)/t28?,32-,33+,41-,42-,43-,50-/m0/s1. The fourth-order valence-electron chi connectivity index (χ4n) is 12.1. The van der Waals surface area contributed by atoms with Gasteiger partial charge in [0.15, 0.2) is 0 Å². The first-order valence-electron chi connectivity index (χ1n) is 23.7. The van der Waals surface area contributed by atoms with E-state index in [4.69, 9.17) is 19.5 Å². The van der Waals surface area contributed by atoms with E-state index in [0.29, 0.717) is 40.3 Å². The fourth-order valence-corrected chi connectivity index (χ4v) is 12.1. The summed E-state index contributed by atoms with van der Waals surface area (Å²) in [7, 11) is 2.56. The van der Waals surface area contributed by atoms with Gasteiger partial charge >= 0.3 is 12.2 Å². The number of halogens is 2. The number of carbonyl (C=O) groups is 4. The molecule has 2 saturated heterocycles. The van der Waals surface area contributed by atoms with Gasteiger partial charge in [-0.1, -0.05) is 65.0 Å². The molecule has 4 amide bonds. The topological polar surface area (TPSA) is 158 Å². The van der Waals surface area contributed by atoms with Crippen LogP contribution in [-0.2, 0) is 25.0 Å². The number of nitrogens with one attached hydrogen (secondary N) is 3. The van der Waals surface area contributed by atoms with Crippen molar-refractivity contribution in [2.45, 2.75) is 122 Å². The van der Waals surface area contributed by atoms with Crippen LogP contribution in [0, 0.1) is 23.2 Å². The monoisotopic (exact) mass is 915 g/mol. The number of aromatic amines is 1. The smallest absolute Gasteiger partial charge is 0.407 e. The molecule has 0 radical (unpaired) electrons. The predicted molar refractivity (Wildman–Crippen MR) is 249 cm³/mol. The molecule has 15 heteroatoms. The number of alkyl carbamates (subject to hydrolysis) is 2. The second-order valence-corrected chi connectivity index (χ2v) is 20.7. The van der Waals surface area contributed by atoms with Crippen LogP contribution in [0.25, 0.3) is 33.5 Å². The number of amides is 4. The Morgan fingerprint density at radius 2 is 1.42 bits per heavy atom. The number of fused-ring (bicyclic) bond motifs is 6. The number of aliphatic imine (C=N–C) groups is 1. The van der Waals surface area contributed by atoms with Crippen molar-refractivity contribution in [3.8, 4) is 33.5 Å². The summed E-state index contributed by atoms with van der Waals surface area (Å²) in [6.45, 7) is 12.4. The fraction of sp³-hybridized carbons (Fsp3) is 0.500. The molecule has 4 aromatic rings. The first kappa shape index (κ1) is 44.7. The molecule has 1 spiro atoms. The highest BCUT2D eigenvalue weighted by atomic mass is 19.3. The number of carbonyl (C=O) groups excluding carboxylic acids is 4. The Hall–Kier alpha value is -6.12. The predicted octanol–water partition coefficient (Wildman–Crippen LogP) is 9.64. The Bertz CT molecular complexity index is 2740. The largest absolute Gasteiger partial charge is 0.453 e. The second-order valence-electron chi connectivity index (χ2n) is 20.7. The number of methoxy groups -OCH3 is 2. The highest BCUT2D eigenvalue weighted by molar-refractivity contribution is 6.07.